The maximum absolute atomic E-state index is 12.0. The fourth-order valence-electron chi connectivity index (χ4n) is 1.40. The van der Waals surface area contributed by atoms with Crippen molar-refractivity contribution in [2.75, 3.05) is 0 Å². The molecule has 78 valence electrons. The van der Waals surface area contributed by atoms with Crippen LogP contribution in [0.5, 0.6) is 0 Å². The van der Waals surface area contributed by atoms with Gasteiger partial charge in [0, 0.05) is 26.0 Å². The first-order valence-electron chi connectivity index (χ1n) is 4.62. The highest BCUT2D eigenvalue weighted by atomic mass is 16.1. The lowest BCUT2D eigenvalue weighted by molar-refractivity contribution is 0.103. The van der Waals surface area contributed by atoms with Gasteiger partial charge in [-0.25, -0.2) is 0 Å². The molecule has 0 aliphatic carbocycles. The van der Waals surface area contributed by atoms with Gasteiger partial charge in [0.25, 0.3) is 0 Å². The third kappa shape index (κ3) is 1.56. The van der Waals surface area contributed by atoms with Gasteiger partial charge in [-0.3, -0.25) is 14.2 Å². The Kier molecular flexibility index (Phi) is 2.15. The van der Waals surface area contributed by atoms with E-state index in [-0.39, 0.29) is 5.78 Å². The normalized spacial score (nSPS) is 10.6. The van der Waals surface area contributed by atoms with Crippen LogP contribution < -0.4 is 0 Å². The topological polar surface area (TPSA) is 52.7 Å². The quantitative estimate of drug-likeness (QED) is 0.676. The van der Waals surface area contributed by atoms with Gasteiger partial charge in [-0.1, -0.05) is 0 Å². The molecule has 0 atom stereocenters. The minimum absolute atomic E-state index is 0.0822. The Bertz CT molecular complexity index is 509. The second kappa shape index (κ2) is 3.34. The minimum Gasteiger partial charge on any atom is -0.287 e. The van der Waals surface area contributed by atoms with Crippen molar-refractivity contribution in [3.8, 4) is 0 Å². The van der Waals surface area contributed by atoms with Gasteiger partial charge < -0.3 is 0 Å². The van der Waals surface area contributed by atoms with E-state index in [1.54, 1.807) is 34.9 Å². The molecule has 5 heteroatoms. The Morgan fingerprint density at radius 3 is 2.60 bits per heavy atom. The zero-order chi connectivity index (χ0) is 11.0. The lowest BCUT2D eigenvalue weighted by Gasteiger charge is -1.96. The van der Waals surface area contributed by atoms with Gasteiger partial charge in [0.05, 0.1) is 11.8 Å². The molecular formula is C10H12N4O. The predicted molar refractivity (Wildman–Crippen MR) is 54.6 cm³/mol. The average Bonchev–Trinajstić information content (AvgIpc) is 2.75. The lowest BCUT2D eigenvalue weighted by Crippen LogP contribution is -2.05. The molecule has 2 aromatic rings. The fourth-order valence-corrected chi connectivity index (χ4v) is 1.40. The average molecular weight is 204 g/mol. The number of aromatic nitrogens is 4. The largest absolute Gasteiger partial charge is 0.287 e. The number of hydrogen-bond acceptors (Lipinski definition) is 3. The van der Waals surface area contributed by atoms with Gasteiger partial charge in [0.1, 0.15) is 5.69 Å². The molecule has 0 saturated carbocycles. The maximum atomic E-state index is 12.0. The van der Waals surface area contributed by atoms with Crippen LogP contribution in [0.25, 0.3) is 0 Å². The summed E-state index contributed by atoms with van der Waals surface area (Å²) < 4.78 is 3.29. The van der Waals surface area contributed by atoms with Gasteiger partial charge in [-0.2, -0.15) is 10.2 Å². The first-order chi connectivity index (χ1) is 7.09. The number of aryl methyl sites for hydroxylation is 2. The second-order valence-corrected chi connectivity index (χ2v) is 3.47. The van der Waals surface area contributed by atoms with E-state index in [9.17, 15) is 4.79 Å². The van der Waals surface area contributed by atoms with Crippen LogP contribution in [0.3, 0.4) is 0 Å². The molecule has 0 radical (unpaired) electrons. The molecule has 0 aliphatic heterocycles. The van der Waals surface area contributed by atoms with Crippen molar-refractivity contribution in [2.45, 2.75) is 6.92 Å². The summed E-state index contributed by atoms with van der Waals surface area (Å²) in [5.74, 6) is -0.0822. The summed E-state index contributed by atoms with van der Waals surface area (Å²) in [7, 11) is 3.59. The number of carbonyl (C=O) groups excluding carboxylic acids is 1. The summed E-state index contributed by atoms with van der Waals surface area (Å²) in [5.41, 5.74) is 1.91. The number of hydrogen-bond donors (Lipinski definition) is 0. The molecule has 5 nitrogen and oxygen atoms in total. The molecule has 0 amide bonds. The summed E-state index contributed by atoms with van der Waals surface area (Å²) in [4.78, 5) is 12.0. The highest BCUT2D eigenvalue weighted by Gasteiger charge is 2.16. The Hall–Kier alpha value is -1.91. The summed E-state index contributed by atoms with van der Waals surface area (Å²) in [6.07, 6.45) is 3.32. The lowest BCUT2D eigenvalue weighted by atomic mass is 10.1. The van der Waals surface area contributed by atoms with Crippen molar-refractivity contribution >= 4 is 5.78 Å². The van der Waals surface area contributed by atoms with Crippen molar-refractivity contribution in [2.24, 2.45) is 14.1 Å². The molecule has 0 spiro atoms. The first kappa shape index (κ1) is 9.64. The molecule has 0 aromatic carbocycles. The van der Waals surface area contributed by atoms with Gasteiger partial charge in [-0.15, -0.1) is 0 Å². The third-order valence-corrected chi connectivity index (χ3v) is 2.43. The van der Waals surface area contributed by atoms with Crippen molar-refractivity contribution in [1.82, 2.24) is 19.6 Å². The molecule has 0 bridgehead atoms. The molecule has 2 aromatic heterocycles. The Balaban J connectivity index is 2.41. The van der Waals surface area contributed by atoms with E-state index >= 15 is 0 Å². The maximum Gasteiger partial charge on any atom is 0.216 e. The third-order valence-electron chi connectivity index (χ3n) is 2.43. The monoisotopic (exact) mass is 204 g/mol. The molecule has 0 unspecified atom stereocenters. The Morgan fingerprint density at radius 2 is 2.13 bits per heavy atom. The summed E-state index contributed by atoms with van der Waals surface area (Å²) >= 11 is 0. The molecule has 0 N–H and O–H groups in total. The molecule has 2 heterocycles. The van der Waals surface area contributed by atoms with Gasteiger partial charge in [0.15, 0.2) is 0 Å². The number of rotatable bonds is 2. The van der Waals surface area contributed by atoms with Gasteiger partial charge >= 0.3 is 0 Å². The van der Waals surface area contributed by atoms with E-state index in [0.29, 0.717) is 11.3 Å². The van der Waals surface area contributed by atoms with Crippen molar-refractivity contribution in [3.05, 3.63) is 35.4 Å². The molecule has 2 rings (SSSR count). The molecule has 15 heavy (non-hydrogen) atoms. The molecule has 0 saturated heterocycles. The zero-order valence-corrected chi connectivity index (χ0v) is 8.93. The number of nitrogens with zero attached hydrogens (tertiary/aromatic N) is 4. The van der Waals surface area contributed by atoms with Crippen LogP contribution >= 0.6 is 0 Å². The van der Waals surface area contributed by atoms with Crippen LogP contribution in [0.15, 0.2) is 18.5 Å². The van der Waals surface area contributed by atoms with E-state index < -0.39 is 0 Å². The van der Waals surface area contributed by atoms with E-state index in [2.05, 4.69) is 10.2 Å². The van der Waals surface area contributed by atoms with Gasteiger partial charge in [0.2, 0.25) is 5.78 Å². The van der Waals surface area contributed by atoms with Crippen LogP contribution in [0.4, 0.5) is 0 Å². The summed E-state index contributed by atoms with van der Waals surface area (Å²) in [5, 5.41) is 8.10. The highest BCUT2D eigenvalue weighted by Crippen LogP contribution is 2.11. The zero-order valence-electron chi connectivity index (χ0n) is 8.93. The number of carbonyl (C=O) groups is 1. The molecular weight excluding hydrogens is 192 g/mol. The van der Waals surface area contributed by atoms with Crippen LogP contribution in [0.1, 0.15) is 21.7 Å². The Labute approximate surface area is 87.3 Å². The van der Waals surface area contributed by atoms with E-state index in [4.69, 9.17) is 0 Å². The number of ketones is 1. The van der Waals surface area contributed by atoms with Crippen LogP contribution in [-0.4, -0.2) is 25.3 Å². The SMILES string of the molecule is Cc1c(C(=O)c2ccn(C)n2)cnn1C. The highest BCUT2D eigenvalue weighted by molar-refractivity contribution is 6.08. The summed E-state index contributed by atoms with van der Waals surface area (Å²) in [6.45, 7) is 1.86. The molecule has 0 aliphatic rings. The predicted octanol–water partition coefficient (Wildman–Crippen LogP) is 0.693. The fraction of sp³-hybridized carbons (Fsp3) is 0.300. The summed E-state index contributed by atoms with van der Waals surface area (Å²) in [6, 6.07) is 1.70. The van der Waals surface area contributed by atoms with E-state index in [0.717, 1.165) is 5.69 Å². The minimum atomic E-state index is -0.0822. The second-order valence-electron chi connectivity index (χ2n) is 3.47. The van der Waals surface area contributed by atoms with Crippen molar-refractivity contribution in [1.29, 1.82) is 0 Å². The Morgan fingerprint density at radius 1 is 1.40 bits per heavy atom. The van der Waals surface area contributed by atoms with E-state index in [1.807, 2.05) is 14.0 Å². The van der Waals surface area contributed by atoms with Crippen molar-refractivity contribution < 1.29 is 4.79 Å². The van der Waals surface area contributed by atoms with Gasteiger partial charge in [-0.05, 0) is 13.0 Å². The standard InChI is InChI=1S/C10H12N4O/c1-7-8(6-11-14(7)3)10(15)9-4-5-13(2)12-9/h4-6H,1-3H3. The van der Waals surface area contributed by atoms with Crippen LogP contribution in [0.2, 0.25) is 0 Å². The first-order valence-corrected chi connectivity index (χ1v) is 4.62. The molecule has 0 fully saturated rings. The van der Waals surface area contributed by atoms with E-state index in [1.165, 1.54) is 0 Å². The van der Waals surface area contributed by atoms with Crippen molar-refractivity contribution in [3.63, 3.8) is 0 Å². The van der Waals surface area contributed by atoms with Crippen LogP contribution in [-0.2, 0) is 14.1 Å². The van der Waals surface area contributed by atoms with Crippen LogP contribution in [0, 0.1) is 6.92 Å². The smallest absolute Gasteiger partial charge is 0.216 e.